The largest absolute Gasteiger partial charge is 0.495 e. The summed E-state index contributed by atoms with van der Waals surface area (Å²) in [7, 11) is -5.26. The molecule has 1 aliphatic carbocycles. The van der Waals surface area contributed by atoms with Crippen molar-refractivity contribution in [3.8, 4) is 23.7 Å². The Morgan fingerprint density at radius 2 is 1.86 bits per heavy atom. The summed E-state index contributed by atoms with van der Waals surface area (Å²) >= 11 is 1.53. The van der Waals surface area contributed by atoms with Crippen molar-refractivity contribution >= 4 is 52.5 Å². The van der Waals surface area contributed by atoms with Crippen LogP contribution in [-0.4, -0.2) is 78.3 Å². The summed E-state index contributed by atoms with van der Waals surface area (Å²) in [5, 5.41) is 17.3. The molecule has 0 atom stereocenters. The van der Waals surface area contributed by atoms with Gasteiger partial charge in [-0.15, -0.1) is 11.3 Å². The van der Waals surface area contributed by atoms with Crippen LogP contribution in [0.5, 0.6) is 5.75 Å². The van der Waals surface area contributed by atoms with Crippen LogP contribution >= 0.6 is 11.3 Å². The number of ether oxygens (including phenoxy) is 1. The first kappa shape index (κ1) is 32.0. The highest BCUT2D eigenvalue weighted by molar-refractivity contribution is 7.91. The topological polar surface area (TPSA) is 129 Å². The number of fused-ring (bicyclic) bond motifs is 1. The molecule has 2 fully saturated rings. The zero-order valence-corrected chi connectivity index (χ0v) is 27.1. The maximum atomic E-state index is 14.5. The standard InChI is InChI=1S/C31H35FN4O5S3/c1-41-28-20-30(43(2,37)38)25(32)19-27(28)34-14-4-7-29-23(12-13-33)24-5-3-6-26(31(24)42-29)35-21-8-10-22(11-9-21)36-15-17-44(39,40)18-16-36/h3,5-6,19-22,34-35H,8-12,14-18H2,1-2H3. The molecule has 1 aliphatic heterocycles. The molecule has 2 aliphatic rings. The molecule has 1 aromatic heterocycles. The van der Waals surface area contributed by atoms with Crippen LogP contribution in [0.2, 0.25) is 0 Å². The first-order chi connectivity index (χ1) is 21.0. The van der Waals surface area contributed by atoms with E-state index in [1.54, 1.807) is 0 Å². The van der Waals surface area contributed by atoms with E-state index in [1.165, 1.54) is 18.4 Å². The smallest absolute Gasteiger partial charge is 0.178 e. The molecule has 13 heteroatoms. The number of nitrogens with zero attached hydrogens (tertiary/aromatic N) is 2. The molecule has 1 saturated heterocycles. The molecule has 234 valence electrons. The number of benzene rings is 2. The lowest BCUT2D eigenvalue weighted by molar-refractivity contribution is 0.164. The molecule has 1 saturated carbocycles. The van der Waals surface area contributed by atoms with Crippen LogP contribution in [0.3, 0.4) is 0 Å². The van der Waals surface area contributed by atoms with Crippen molar-refractivity contribution < 1.29 is 26.0 Å². The van der Waals surface area contributed by atoms with Gasteiger partial charge in [0.2, 0.25) is 0 Å². The molecule has 2 aromatic carbocycles. The molecule has 3 aromatic rings. The van der Waals surface area contributed by atoms with E-state index < -0.39 is 30.4 Å². The van der Waals surface area contributed by atoms with Gasteiger partial charge in [0.05, 0.1) is 58.6 Å². The fourth-order valence-electron chi connectivity index (χ4n) is 5.93. The fraction of sp³-hybridized carbons (Fsp3) is 0.452. The number of hydrogen-bond donors (Lipinski definition) is 2. The van der Waals surface area contributed by atoms with Gasteiger partial charge < -0.3 is 15.4 Å². The highest BCUT2D eigenvalue weighted by Gasteiger charge is 2.30. The predicted octanol–water partition coefficient (Wildman–Crippen LogP) is 4.44. The molecule has 0 amide bonds. The first-order valence-electron chi connectivity index (χ1n) is 14.4. The lowest BCUT2D eigenvalue weighted by Gasteiger charge is -2.39. The van der Waals surface area contributed by atoms with Crippen LogP contribution in [-0.2, 0) is 26.1 Å². The number of anilines is 2. The summed E-state index contributed by atoms with van der Waals surface area (Å²) in [5.74, 6) is 6.04. The Morgan fingerprint density at radius 3 is 2.52 bits per heavy atom. The van der Waals surface area contributed by atoms with Crippen LogP contribution < -0.4 is 15.4 Å². The van der Waals surface area contributed by atoms with E-state index in [2.05, 4.69) is 39.5 Å². The molecule has 2 N–H and O–H groups in total. The summed E-state index contributed by atoms with van der Waals surface area (Å²) in [6.45, 7) is 1.40. The Morgan fingerprint density at radius 1 is 1.14 bits per heavy atom. The van der Waals surface area contributed by atoms with E-state index in [1.807, 2.05) is 12.1 Å². The molecular formula is C31H35FN4O5S3. The lowest BCUT2D eigenvalue weighted by atomic mass is 9.90. The van der Waals surface area contributed by atoms with Gasteiger partial charge in [0, 0.05) is 54.5 Å². The number of hydrogen-bond acceptors (Lipinski definition) is 10. The van der Waals surface area contributed by atoms with Crippen molar-refractivity contribution in [3.63, 3.8) is 0 Å². The molecular weight excluding hydrogens is 624 g/mol. The van der Waals surface area contributed by atoms with Crippen LogP contribution in [0.4, 0.5) is 15.8 Å². The molecule has 0 bridgehead atoms. The molecule has 0 unspecified atom stereocenters. The number of thiophene rings is 1. The SMILES string of the molecule is COc1cc(S(C)(=O)=O)c(F)cc1NCC#Cc1sc2c(NC3CCC(N4CCS(=O)(=O)CC4)CC3)cccc2c1CC#N. The van der Waals surface area contributed by atoms with Crippen LogP contribution in [0.25, 0.3) is 10.1 Å². The minimum Gasteiger partial charge on any atom is -0.495 e. The molecule has 44 heavy (non-hydrogen) atoms. The fourth-order valence-corrected chi connectivity index (χ4v) is 9.06. The quantitative estimate of drug-likeness (QED) is 0.338. The maximum absolute atomic E-state index is 14.5. The monoisotopic (exact) mass is 658 g/mol. The second-order valence-corrected chi connectivity index (χ2v) is 16.5. The van der Waals surface area contributed by atoms with Crippen molar-refractivity contribution in [2.75, 3.05) is 55.1 Å². The Labute approximate surface area is 262 Å². The summed E-state index contributed by atoms with van der Waals surface area (Å²) in [5.41, 5.74) is 2.16. The number of nitriles is 1. The van der Waals surface area contributed by atoms with Gasteiger partial charge >= 0.3 is 0 Å². The second-order valence-electron chi connectivity index (χ2n) is 11.2. The Balaban J connectivity index is 1.28. The van der Waals surface area contributed by atoms with Gasteiger partial charge in [-0.1, -0.05) is 24.0 Å². The van der Waals surface area contributed by atoms with E-state index in [9.17, 15) is 26.5 Å². The van der Waals surface area contributed by atoms with E-state index in [0.717, 1.165) is 70.3 Å². The number of nitrogens with one attached hydrogen (secondary N) is 2. The molecule has 0 radical (unpaired) electrons. The minimum atomic E-state index is -3.75. The van der Waals surface area contributed by atoms with Gasteiger partial charge in [-0.3, -0.25) is 4.90 Å². The van der Waals surface area contributed by atoms with Gasteiger partial charge in [-0.25, -0.2) is 21.2 Å². The van der Waals surface area contributed by atoms with E-state index in [-0.39, 0.29) is 35.9 Å². The summed E-state index contributed by atoms with van der Waals surface area (Å²) in [6, 6.07) is 11.3. The lowest BCUT2D eigenvalue weighted by Crippen LogP contribution is -2.48. The van der Waals surface area contributed by atoms with Crippen molar-refractivity contribution in [1.29, 1.82) is 5.26 Å². The van der Waals surface area contributed by atoms with E-state index in [0.29, 0.717) is 25.2 Å². The number of halogens is 1. The van der Waals surface area contributed by atoms with Crippen molar-refractivity contribution in [3.05, 3.63) is 46.6 Å². The summed E-state index contributed by atoms with van der Waals surface area (Å²) in [6.07, 6.45) is 5.18. The van der Waals surface area contributed by atoms with Crippen LogP contribution in [0.15, 0.2) is 35.2 Å². The van der Waals surface area contributed by atoms with Crippen molar-refractivity contribution in [2.24, 2.45) is 0 Å². The highest BCUT2D eigenvalue weighted by Crippen LogP contribution is 2.38. The van der Waals surface area contributed by atoms with Crippen LogP contribution in [0, 0.1) is 29.0 Å². The van der Waals surface area contributed by atoms with Crippen LogP contribution in [0.1, 0.15) is 36.1 Å². The molecule has 0 spiro atoms. The minimum absolute atomic E-state index is 0.144. The predicted molar refractivity (Wildman–Crippen MR) is 172 cm³/mol. The highest BCUT2D eigenvalue weighted by atomic mass is 32.2. The van der Waals surface area contributed by atoms with Gasteiger partial charge in [-0.05, 0) is 31.7 Å². The second kappa shape index (κ2) is 13.3. The van der Waals surface area contributed by atoms with E-state index >= 15 is 0 Å². The van der Waals surface area contributed by atoms with Crippen molar-refractivity contribution in [1.82, 2.24) is 4.90 Å². The van der Waals surface area contributed by atoms with Gasteiger partial charge in [0.1, 0.15) is 16.5 Å². The average molecular weight is 659 g/mol. The maximum Gasteiger partial charge on any atom is 0.178 e. The normalized spacial score (nSPS) is 20.3. The number of sulfone groups is 2. The third kappa shape index (κ3) is 7.29. The molecule has 9 nitrogen and oxygen atoms in total. The Bertz CT molecular complexity index is 1850. The first-order valence-corrected chi connectivity index (χ1v) is 18.9. The third-order valence-corrected chi connectivity index (χ3v) is 12.2. The summed E-state index contributed by atoms with van der Waals surface area (Å²) in [4.78, 5) is 2.68. The van der Waals surface area contributed by atoms with Gasteiger partial charge in [-0.2, -0.15) is 5.26 Å². The van der Waals surface area contributed by atoms with Crippen molar-refractivity contribution in [2.45, 2.75) is 49.1 Å². The van der Waals surface area contributed by atoms with Gasteiger partial charge in [0.15, 0.2) is 19.7 Å². The molecule has 5 rings (SSSR count). The van der Waals surface area contributed by atoms with E-state index in [4.69, 9.17) is 4.74 Å². The zero-order chi connectivity index (χ0) is 31.5. The average Bonchev–Trinajstić information content (AvgIpc) is 3.33. The summed E-state index contributed by atoms with van der Waals surface area (Å²) < 4.78 is 68.1. The zero-order valence-electron chi connectivity index (χ0n) is 24.7. The van der Waals surface area contributed by atoms with Gasteiger partial charge in [0.25, 0.3) is 0 Å². The Kier molecular flexibility index (Phi) is 9.71. The molecule has 2 heterocycles. The Hall–Kier alpha value is -3.36. The third-order valence-electron chi connectivity index (χ3n) is 8.25. The number of methoxy groups -OCH3 is 1. The number of rotatable bonds is 8.